The van der Waals surface area contributed by atoms with E-state index >= 15 is 0 Å². The van der Waals surface area contributed by atoms with Crippen LogP contribution in [0.2, 0.25) is 0 Å². The fourth-order valence-electron chi connectivity index (χ4n) is 1.90. The van der Waals surface area contributed by atoms with Crippen LogP contribution in [0.5, 0.6) is 0 Å². The topological polar surface area (TPSA) is 74.5 Å². The summed E-state index contributed by atoms with van der Waals surface area (Å²) in [4.78, 5) is 11.3. The van der Waals surface area contributed by atoms with Crippen molar-refractivity contribution in [3.8, 4) is 0 Å². The van der Waals surface area contributed by atoms with Gasteiger partial charge >= 0.3 is 5.97 Å². The third kappa shape index (κ3) is 1.66. The van der Waals surface area contributed by atoms with Gasteiger partial charge in [0.1, 0.15) is 16.7 Å². The Bertz CT molecular complexity index is 547. The highest BCUT2D eigenvalue weighted by Gasteiger charge is 2.26. The Balaban J connectivity index is 1.89. The zero-order chi connectivity index (χ0) is 11.8. The average Bonchev–Trinajstić information content (AvgIpc) is 2.97. The molecule has 0 saturated heterocycles. The number of hydrogen-bond donors (Lipinski definition) is 3. The monoisotopic (exact) mass is 250 g/mol. The zero-order valence-corrected chi connectivity index (χ0v) is 9.58. The molecule has 0 aliphatic carbocycles. The van der Waals surface area contributed by atoms with E-state index in [1.807, 2.05) is 12.1 Å². The molecule has 0 bridgehead atoms. The molecule has 2 aromatic heterocycles. The fourth-order valence-corrected chi connectivity index (χ4v) is 2.72. The smallest absolute Gasteiger partial charge is 0.348 e. The highest BCUT2D eigenvalue weighted by molar-refractivity contribution is 7.13. The molecule has 0 amide bonds. The molecule has 0 saturated carbocycles. The van der Waals surface area contributed by atoms with Crippen LogP contribution in [0.25, 0.3) is 0 Å². The molecule has 1 aliphatic heterocycles. The van der Waals surface area contributed by atoms with Gasteiger partial charge in [0.25, 0.3) is 0 Å². The standard InChI is InChI=1S/C11H10N2O3S/c14-11(15)10-9-7(5-17-10)13-6(4-12-9)8-2-1-3-16-8/h1-3,5-6,12-13H,4H2,(H,14,15). The maximum Gasteiger partial charge on any atom is 0.348 e. The lowest BCUT2D eigenvalue weighted by Gasteiger charge is -2.25. The van der Waals surface area contributed by atoms with E-state index in [0.29, 0.717) is 17.1 Å². The first-order chi connectivity index (χ1) is 8.25. The molecule has 0 spiro atoms. The van der Waals surface area contributed by atoms with Crippen LogP contribution in [-0.4, -0.2) is 17.6 Å². The van der Waals surface area contributed by atoms with Gasteiger partial charge in [-0.2, -0.15) is 0 Å². The van der Waals surface area contributed by atoms with Crippen molar-refractivity contribution >= 4 is 28.7 Å². The van der Waals surface area contributed by atoms with Crippen LogP contribution in [0.15, 0.2) is 28.2 Å². The number of fused-ring (bicyclic) bond motifs is 1. The van der Waals surface area contributed by atoms with Crippen LogP contribution in [0.3, 0.4) is 0 Å². The summed E-state index contributed by atoms with van der Waals surface area (Å²) >= 11 is 1.22. The largest absolute Gasteiger partial charge is 0.477 e. The minimum Gasteiger partial charge on any atom is -0.477 e. The van der Waals surface area contributed by atoms with Crippen molar-refractivity contribution in [3.63, 3.8) is 0 Å². The van der Waals surface area contributed by atoms with E-state index < -0.39 is 5.97 Å². The second-order valence-corrected chi connectivity index (χ2v) is 4.63. The van der Waals surface area contributed by atoms with Gasteiger partial charge < -0.3 is 20.2 Å². The molecule has 1 unspecified atom stereocenters. The van der Waals surface area contributed by atoms with Gasteiger partial charge in [-0.25, -0.2) is 4.79 Å². The minimum atomic E-state index is -0.901. The molecule has 3 rings (SSSR count). The summed E-state index contributed by atoms with van der Waals surface area (Å²) in [6, 6.07) is 3.77. The first-order valence-electron chi connectivity index (χ1n) is 5.14. The SMILES string of the molecule is O=C(O)c1scc2c1NCC(c1ccco1)N2. The number of anilines is 2. The van der Waals surface area contributed by atoms with Gasteiger partial charge in [-0.3, -0.25) is 0 Å². The molecule has 5 nitrogen and oxygen atoms in total. The molecule has 2 aromatic rings. The summed E-state index contributed by atoms with van der Waals surface area (Å²) < 4.78 is 5.33. The van der Waals surface area contributed by atoms with Crippen LogP contribution in [0.1, 0.15) is 21.5 Å². The highest BCUT2D eigenvalue weighted by Crippen LogP contribution is 2.38. The van der Waals surface area contributed by atoms with E-state index in [1.165, 1.54) is 11.3 Å². The molecule has 3 heterocycles. The number of carboxylic acid groups (broad SMARTS) is 1. The lowest BCUT2D eigenvalue weighted by molar-refractivity contribution is 0.0703. The first-order valence-corrected chi connectivity index (χ1v) is 6.02. The number of aromatic carboxylic acids is 1. The zero-order valence-electron chi connectivity index (χ0n) is 8.77. The van der Waals surface area contributed by atoms with Crippen LogP contribution in [0, 0.1) is 0 Å². The minimum absolute atomic E-state index is 0.0359. The molecule has 0 radical (unpaired) electrons. The number of furan rings is 1. The first kappa shape index (κ1) is 10.2. The van der Waals surface area contributed by atoms with E-state index in [0.717, 1.165) is 11.4 Å². The molecule has 0 aromatic carbocycles. The molecule has 1 aliphatic rings. The molecule has 6 heteroatoms. The maximum absolute atomic E-state index is 11.0. The molecule has 88 valence electrons. The number of carbonyl (C=O) groups is 1. The summed E-state index contributed by atoms with van der Waals surface area (Å²) in [6.45, 7) is 0.609. The van der Waals surface area contributed by atoms with E-state index in [1.54, 1.807) is 11.6 Å². The van der Waals surface area contributed by atoms with Gasteiger partial charge in [-0.15, -0.1) is 11.3 Å². The molecular formula is C11H10N2O3S. The van der Waals surface area contributed by atoms with Gasteiger partial charge in [-0.1, -0.05) is 0 Å². The van der Waals surface area contributed by atoms with E-state index in [9.17, 15) is 4.79 Å². The van der Waals surface area contributed by atoms with Crippen molar-refractivity contribution in [2.24, 2.45) is 0 Å². The summed E-state index contributed by atoms with van der Waals surface area (Å²) in [5.74, 6) is -0.0618. The number of nitrogens with one attached hydrogen (secondary N) is 2. The van der Waals surface area contributed by atoms with Gasteiger partial charge in [0.2, 0.25) is 0 Å². The second-order valence-electron chi connectivity index (χ2n) is 3.75. The predicted octanol–water partition coefficient (Wildman–Crippen LogP) is 2.62. The van der Waals surface area contributed by atoms with Crippen LogP contribution in [0.4, 0.5) is 11.4 Å². The highest BCUT2D eigenvalue weighted by atomic mass is 32.1. The van der Waals surface area contributed by atoms with Crippen LogP contribution >= 0.6 is 11.3 Å². The van der Waals surface area contributed by atoms with E-state index in [-0.39, 0.29) is 6.04 Å². The molecule has 3 N–H and O–H groups in total. The van der Waals surface area contributed by atoms with Crippen molar-refractivity contribution in [3.05, 3.63) is 34.4 Å². The van der Waals surface area contributed by atoms with Gasteiger partial charge in [0.05, 0.1) is 17.6 Å². The Morgan fingerprint density at radius 1 is 1.59 bits per heavy atom. The van der Waals surface area contributed by atoms with Crippen molar-refractivity contribution in [2.75, 3.05) is 17.2 Å². The second kappa shape index (κ2) is 3.81. The number of carboxylic acids is 1. The summed E-state index contributed by atoms with van der Waals surface area (Å²) in [5.41, 5.74) is 1.49. The Labute approximate surface area is 101 Å². The molecule has 1 atom stereocenters. The summed E-state index contributed by atoms with van der Waals surface area (Å²) in [6.07, 6.45) is 1.63. The Morgan fingerprint density at radius 3 is 3.18 bits per heavy atom. The van der Waals surface area contributed by atoms with Crippen LogP contribution in [-0.2, 0) is 0 Å². The quantitative estimate of drug-likeness (QED) is 0.764. The molecular weight excluding hydrogens is 240 g/mol. The van der Waals surface area contributed by atoms with Gasteiger partial charge in [0, 0.05) is 11.9 Å². The molecule has 17 heavy (non-hydrogen) atoms. The predicted molar refractivity (Wildman–Crippen MR) is 64.8 cm³/mol. The van der Waals surface area contributed by atoms with Crippen molar-refractivity contribution in [1.82, 2.24) is 0 Å². The Hall–Kier alpha value is -1.95. The lowest BCUT2D eigenvalue weighted by Crippen LogP contribution is -2.25. The Morgan fingerprint density at radius 2 is 2.47 bits per heavy atom. The lowest BCUT2D eigenvalue weighted by atomic mass is 10.1. The van der Waals surface area contributed by atoms with E-state index in [4.69, 9.17) is 9.52 Å². The van der Waals surface area contributed by atoms with Crippen molar-refractivity contribution in [2.45, 2.75) is 6.04 Å². The normalized spacial score (nSPS) is 18.0. The third-order valence-electron chi connectivity index (χ3n) is 2.68. The Kier molecular flexibility index (Phi) is 2.29. The van der Waals surface area contributed by atoms with Gasteiger partial charge in [0.15, 0.2) is 0 Å². The van der Waals surface area contributed by atoms with Crippen molar-refractivity contribution < 1.29 is 14.3 Å². The number of hydrogen-bond acceptors (Lipinski definition) is 5. The van der Waals surface area contributed by atoms with Crippen LogP contribution < -0.4 is 10.6 Å². The summed E-state index contributed by atoms with van der Waals surface area (Å²) in [7, 11) is 0. The fraction of sp³-hybridized carbons (Fsp3) is 0.182. The summed E-state index contributed by atoms with van der Waals surface area (Å²) in [5, 5.41) is 17.2. The third-order valence-corrected chi connectivity index (χ3v) is 3.65. The number of thiophene rings is 1. The molecule has 0 fully saturated rings. The van der Waals surface area contributed by atoms with E-state index in [2.05, 4.69) is 10.6 Å². The van der Waals surface area contributed by atoms with Crippen molar-refractivity contribution in [1.29, 1.82) is 0 Å². The number of rotatable bonds is 2. The van der Waals surface area contributed by atoms with Gasteiger partial charge in [-0.05, 0) is 12.1 Å². The average molecular weight is 250 g/mol. The maximum atomic E-state index is 11.0.